The molecule has 4 nitrogen and oxygen atoms in total. The van der Waals surface area contributed by atoms with Crippen LogP contribution in [-0.2, 0) is 16.6 Å². The van der Waals surface area contributed by atoms with E-state index in [0.717, 1.165) is 0 Å². The van der Waals surface area contributed by atoms with Crippen LogP contribution in [-0.4, -0.2) is 13.4 Å². The normalized spacial score (nSPS) is 11.6. The van der Waals surface area contributed by atoms with Gasteiger partial charge >= 0.3 is 0 Å². The van der Waals surface area contributed by atoms with E-state index >= 15 is 0 Å². The average molecular weight is 333 g/mol. The van der Waals surface area contributed by atoms with Crippen LogP contribution in [0.5, 0.6) is 0 Å². The Morgan fingerprint density at radius 1 is 1.35 bits per heavy atom. The monoisotopic (exact) mass is 332 g/mol. The van der Waals surface area contributed by atoms with Crippen LogP contribution >= 0.6 is 27.3 Å². The van der Waals surface area contributed by atoms with Crippen molar-refractivity contribution in [3.63, 3.8) is 0 Å². The minimum atomic E-state index is -3.46. The van der Waals surface area contributed by atoms with E-state index in [1.165, 1.54) is 11.3 Å². The van der Waals surface area contributed by atoms with Crippen LogP contribution in [0.25, 0.3) is 0 Å². The van der Waals surface area contributed by atoms with Crippen molar-refractivity contribution < 1.29 is 8.42 Å². The average Bonchev–Trinajstić information content (AvgIpc) is 2.75. The van der Waals surface area contributed by atoms with Crippen LogP contribution in [0.3, 0.4) is 0 Å². The van der Waals surface area contributed by atoms with Crippen LogP contribution in [0.2, 0.25) is 0 Å². The zero-order valence-electron chi connectivity index (χ0n) is 8.63. The van der Waals surface area contributed by atoms with Crippen LogP contribution in [0, 0.1) is 0 Å². The van der Waals surface area contributed by atoms with Gasteiger partial charge in [-0.1, -0.05) is 6.07 Å². The number of rotatable bonds is 4. The Balaban J connectivity index is 2.12. The van der Waals surface area contributed by atoms with Gasteiger partial charge in [0, 0.05) is 10.7 Å². The van der Waals surface area contributed by atoms with Crippen LogP contribution in [0.4, 0.5) is 0 Å². The lowest BCUT2D eigenvalue weighted by Gasteiger charge is -2.04. The summed E-state index contributed by atoms with van der Waals surface area (Å²) in [5.74, 6) is 0. The lowest BCUT2D eigenvalue weighted by atomic mass is 10.4. The summed E-state index contributed by atoms with van der Waals surface area (Å²) in [6.07, 6.45) is 1.63. The highest BCUT2D eigenvalue weighted by molar-refractivity contribution is 9.10. The molecule has 0 aliphatic carbocycles. The van der Waals surface area contributed by atoms with Crippen LogP contribution < -0.4 is 4.72 Å². The molecular formula is C10H9BrN2O2S2. The molecule has 7 heteroatoms. The van der Waals surface area contributed by atoms with Gasteiger partial charge in [-0.2, -0.15) is 0 Å². The third-order valence-electron chi connectivity index (χ3n) is 2.00. The zero-order chi connectivity index (χ0) is 12.3. The molecule has 0 aliphatic heterocycles. The molecule has 2 rings (SSSR count). The first-order chi connectivity index (χ1) is 8.09. The van der Waals surface area contributed by atoms with Crippen molar-refractivity contribution in [2.75, 3.05) is 0 Å². The van der Waals surface area contributed by atoms with Crippen molar-refractivity contribution in [3.8, 4) is 0 Å². The Morgan fingerprint density at radius 3 is 2.76 bits per heavy atom. The van der Waals surface area contributed by atoms with Gasteiger partial charge < -0.3 is 0 Å². The van der Waals surface area contributed by atoms with Crippen molar-refractivity contribution in [2.24, 2.45) is 0 Å². The molecule has 17 heavy (non-hydrogen) atoms. The van der Waals surface area contributed by atoms with Crippen molar-refractivity contribution in [2.45, 2.75) is 10.8 Å². The summed E-state index contributed by atoms with van der Waals surface area (Å²) in [5, 5.41) is 1.72. The molecule has 2 heterocycles. The van der Waals surface area contributed by atoms with Gasteiger partial charge in [0.25, 0.3) is 10.0 Å². The maximum absolute atomic E-state index is 11.9. The maximum Gasteiger partial charge on any atom is 0.251 e. The van der Waals surface area contributed by atoms with E-state index in [9.17, 15) is 8.42 Å². The van der Waals surface area contributed by atoms with Gasteiger partial charge in [-0.05, 0) is 39.5 Å². The second-order valence-electron chi connectivity index (χ2n) is 3.20. The number of hydrogen-bond acceptors (Lipinski definition) is 4. The maximum atomic E-state index is 11.9. The summed E-state index contributed by atoms with van der Waals surface area (Å²) < 4.78 is 27.2. The van der Waals surface area contributed by atoms with E-state index < -0.39 is 10.0 Å². The summed E-state index contributed by atoms with van der Waals surface area (Å²) in [6.45, 7) is 0.188. The molecule has 2 aromatic heterocycles. The molecule has 0 unspecified atom stereocenters. The topological polar surface area (TPSA) is 59.1 Å². The van der Waals surface area contributed by atoms with Gasteiger partial charge in [-0.15, -0.1) is 11.3 Å². The molecule has 0 radical (unpaired) electrons. The molecule has 0 spiro atoms. The summed E-state index contributed by atoms with van der Waals surface area (Å²) in [5.41, 5.74) is 0.684. The van der Waals surface area contributed by atoms with Gasteiger partial charge in [-0.25, -0.2) is 13.1 Å². The molecule has 0 amide bonds. The van der Waals surface area contributed by atoms with Gasteiger partial charge in [0.2, 0.25) is 0 Å². The second-order valence-corrected chi connectivity index (χ2v) is 6.93. The molecule has 2 aromatic rings. The molecule has 0 aromatic carbocycles. The van der Waals surface area contributed by atoms with E-state index in [-0.39, 0.29) is 10.8 Å². The molecular weight excluding hydrogens is 324 g/mol. The summed E-state index contributed by atoms with van der Waals surface area (Å²) in [7, 11) is -3.46. The van der Waals surface area contributed by atoms with E-state index in [1.807, 2.05) is 6.07 Å². The van der Waals surface area contributed by atoms with Gasteiger partial charge in [0.1, 0.15) is 4.21 Å². The largest absolute Gasteiger partial charge is 0.260 e. The molecule has 0 fully saturated rings. The number of thiophene rings is 1. The van der Waals surface area contributed by atoms with Crippen molar-refractivity contribution >= 4 is 37.3 Å². The smallest absolute Gasteiger partial charge is 0.251 e. The minimum absolute atomic E-state index is 0.188. The Bertz CT molecular complexity index is 596. The zero-order valence-corrected chi connectivity index (χ0v) is 11.8. The lowest BCUT2D eigenvalue weighted by Crippen LogP contribution is -2.23. The first-order valence-corrected chi connectivity index (χ1v) is 7.88. The van der Waals surface area contributed by atoms with Gasteiger partial charge in [-0.3, -0.25) is 4.98 Å². The predicted molar refractivity (Wildman–Crippen MR) is 70.3 cm³/mol. The van der Waals surface area contributed by atoms with E-state index in [2.05, 4.69) is 25.6 Å². The third kappa shape index (κ3) is 3.12. The predicted octanol–water partition coefficient (Wildman–Crippen LogP) is 2.38. The molecule has 0 saturated heterocycles. The number of halogens is 1. The number of sulfonamides is 1. The first kappa shape index (κ1) is 12.7. The summed E-state index contributed by atoms with van der Waals surface area (Å²) >= 11 is 4.38. The number of nitrogens with zero attached hydrogens (tertiary/aromatic N) is 1. The highest BCUT2D eigenvalue weighted by Crippen LogP contribution is 2.27. The number of nitrogens with one attached hydrogen (secondary N) is 1. The molecule has 90 valence electrons. The van der Waals surface area contributed by atoms with Crippen molar-refractivity contribution in [1.82, 2.24) is 9.71 Å². The molecule has 0 aliphatic rings. The SMILES string of the molecule is O=S(=O)(NCc1ccccn1)c1sccc1Br. The van der Waals surface area contributed by atoms with Crippen molar-refractivity contribution in [1.29, 1.82) is 0 Å². The summed E-state index contributed by atoms with van der Waals surface area (Å²) in [4.78, 5) is 4.05. The Kier molecular flexibility index (Phi) is 3.93. The second kappa shape index (κ2) is 5.26. The standard InChI is InChI=1S/C10H9BrN2O2S2/c11-9-4-6-16-10(9)17(14,15)13-7-8-3-1-2-5-12-8/h1-6,13H,7H2. The Hall–Kier alpha value is -0.760. The fourth-order valence-electron chi connectivity index (χ4n) is 1.21. The van der Waals surface area contributed by atoms with Crippen LogP contribution in [0.1, 0.15) is 5.69 Å². The van der Waals surface area contributed by atoms with E-state index in [4.69, 9.17) is 0 Å². The van der Waals surface area contributed by atoms with E-state index in [1.54, 1.807) is 29.8 Å². The fraction of sp³-hybridized carbons (Fsp3) is 0.100. The van der Waals surface area contributed by atoms with E-state index in [0.29, 0.717) is 10.2 Å². The molecule has 0 saturated carbocycles. The fourth-order valence-corrected chi connectivity index (χ4v) is 4.59. The van der Waals surface area contributed by atoms with Crippen molar-refractivity contribution in [3.05, 3.63) is 46.0 Å². The minimum Gasteiger partial charge on any atom is -0.260 e. The Labute approximate surface area is 112 Å². The third-order valence-corrected chi connectivity index (χ3v) is 6.07. The number of aromatic nitrogens is 1. The highest BCUT2D eigenvalue weighted by atomic mass is 79.9. The number of hydrogen-bond donors (Lipinski definition) is 1. The summed E-state index contributed by atoms with van der Waals surface area (Å²) in [6, 6.07) is 7.08. The molecule has 0 bridgehead atoms. The van der Waals surface area contributed by atoms with Gasteiger partial charge in [0.15, 0.2) is 0 Å². The van der Waals surface area contributed by atoms with Gasteiger partial charge in [0.05, 0.1) is 12.2 Å². The molecule has 1 N–H and O–H groups in total. The first-order valence-electron chi connectivity index (χ1n) is 4.72. The number of pyridine rings is 1. The Morgan fingerprint density at radius 2 is 2.18 bits per heavy atom. The van der Waals surface area contributed by atoms with Crippen LogP contribution in [0.15, 0.2) is 44.5 Å². The molecule has 0 atom stereocenters. The lowest BCUT2D eigenvalue weighted by molar-refractivity contribution is 0.582. The highest BCUT2D eigenvalue weighted by Gasteiger charge is 2.18. The quantitative estimate of drug-likeness (QED) is 0.935.